The molecule has 1 aliphatic heterocycles. The van der Waals surface area contributed by atoms with Crippen molar-refractivity contribution in [1.82, 2.24) is 25.1 Å². The first-order valence-corrected chi connectivity index (χ1v) is 11.5. The van der Waals surface area contributed by atoms with Gasteiger partial charge in [-0.3, -0.25) is 10.00 Å². The number of nitrogens with one attached hydrogen (secondary N) is 2. The molecule has 0 bridgehead atoms. The fourth-order valence-corrected chi connectivity index (χ4v) is 4.53. The molecule has 0 saturated heterocycles. The highest BCUT2D eigenvalue weighted by Crippen LogP contribution is 2.40. The second-order valence-corrected chi connectivity index (χ2v) is 9.13. The standard InChI is InChI=1S/C25H21F3N6O3/c1-36-21-6-19-15(9-30-33-19)5-20(21)31-23-18(26)10-29-22(32-23)13-2-3-14-11-34(12-16(14)4-13)24(35)37-17-7-25(27,28)8-17/h2-6,9-10,17H,7-8,11-12H2,1H3,(H,30,33)(H,29,31,32). The van der Waals surface area contributed by atoms with E-state index in [0.717, 1.165) is 28.2 Å². The van der Waals surface area contributed by atoms with E-state index in [1.54, 1.807) is 24.4 Å². The number of aromatic amines is 1. The van der Waals surface area contributed by atoms with E-state index in [4.69, 9.17) is 9.47 Å². The number of benzene rings is 2. The molecule has 6 rings (SSSR count). The molecule has 1 aliphatic carbocycles. The Balaban J connectivity index is 1.21. The van der Waals surface area contributed by atoms with Crippen LogP contribution in [0, 0.1) is 5.82 Å². The van der Waals surface area contributed by atoms with Crippen LogP contribution in [-0.4, -0.2) is 50.3 Å². The van der Waals surface area contributed by atoms with Crippen LogP contribution >= 0.6 is 0 Å². The molecule has 0 radical (unpaired) electrons. The molecule has 4 aromatic rings. The number of H-pyrrole nitrogens is 1. The Morgan fingerprint density at radius 1 is 1.16 bits per heavy atom. The summed E-state index contributed by atoms with van der Waals surface area (Å²) in [4.78, 5) is 22.4. The van der Waals surface area contributed by atoms with Crippen molar-refractivity contribution in [1.29, 1.82) is 0 Å². The highest BCUT2D eigenvalue weighted by molar-refractivity contribution is 5.86. The van der Waals surface area contributed by atoms with Gasteiger partial charge in [0.05, 0.1) is 30.7 Å². The Morgan fingerprint density at radius 3 is 2.76 bits per heavy atom. The first-order chi connectivity index (χ1) is 17.8. The number of nitrogens with zero attached hydrogens (tertiary/aromatic N) is 4. The lowest BCUT2D eigenvalue weighted by atomic mass is 9.91. The SMILES string of the molecule is COc1cc2[nH]ncc2cc1Nc1nc(-c2ccc3c(c2)CN(C(=O)OC2CC(F)(F)C2)C3)ncc1F. The summed E-state index contributed by atoms with van der Waals surface area (Å²) < 4.78 is 51.4. The molecule has 12 heteroatoms. The number of anilines is 2. The summed E-state index contributed by atoms with van der Waals surface area (Å²) in [5, 5.41) is 10.6. The quantitative estimate of drug-likeness (QED) is 0.382. The topological polar surface area (TPSA) is 105 Å². The van der Waals surface area contributed by atoms with E-state index in [1.807, 2.05) is 12.1 Å². The normalized spacial score (nSPS) is 16.4. The summed E-state index contributed by atoms with van der Waals surface area (Å²) in [6, 6.07) is 8.97. The average Bonchev–Trinajstić information content (AvgIpc) is 3.49. The molecule has 2 aromatic heterocycles. The van der Waals surface area contributed by atoms with E-state index in [2.05, 4.69) is 25.5 Å². The Morgan fingerprint density at radius 2 is 1.97 bits per heavy atom. The summed E-state index contributed by atoms with van der Waals surface area (Å²) in [6.07, 6.45) is 0.471. The smallest absolute Gasteiger partial charge is 0.410 e. The lowest BCUT2D eigenvalue weighted by Gasteiger charge is -2.34. The lowest BCUT2D eigenvalue weighted by molar-refractivity contribution is -0.148. The highest BCUT2D eigenvalue weighted by Gasteiger charge is 2.48. The predicted octanol–water partition coefficient (Wildman–Crippen LogP) is 5.16. The van der Waals surface area contributed by atoms with Crippen molar-refractivity contribution in [3.05, 3.63) is 59.7 Å². The van der Waals surface area contributed by atoms with Gasteiger partial charge in [-0.1, -0.05) is 12.1 Å². The summed E-state index contributed by atoms with van der Waals surface area (Å²) in [5.74, 6) is -2.67. The fourth-order valence-electron chi connectivity index (χ4n) is 4.53. The maximum absolute atomic E-state index is 14.7. The summed E-state index contributed by atoms with van der Waals surface area (Å²) in [5.41, 5.74) is 3.66. The van der Waals surface area contributed by atoms with Crippen LogP contribution in [0.2, 0.25) is 0 Å². The zero-order valence-corrected chi connectivity index (χ0v) is 19.6. The van der Waals surface area contributed by atoms with Gasteiger partial charge in [-0.2, -0.15) is 5.10 Å². The molecule has 0 atom stereocenters. The van der Waals surface area contributed by atoms with Crippen LogP contribution in [0.3, 0.4) is 0 Å². The van der Waals surface area contributed by atoms with Crippen molar-refractivity contribution >= 4 is 28.5 Å². The molecule has 2 aromatic carbocycles. The van der Waals surface area contributed by atoms with Crippen molar-refractivity contribution in [3.8, 4) is 17.1 Å². The molecule has 190 valence electrons. The summed E-state index contributed by atoms with van der Waals surface area (Å²) in [6.45, 7) is 0.574. The molecule has 9 nitrogen and oxygen atoms in total. The number of rotatable bonds is 5. The average molecular weight is 510 g/mol. The molecular weight excluding hydrogens is 489 g/mol. The van der Waals surface area contributed by atoms with E-state index in [1.165, 1.54) is 12.0 Å². The molecule has 1 fully saturated rings. The number of halogens is 3. The Kier molecular flexibility index (Phi) is 5.39. The number of carbonyl (C=O) groups excluding carboxylic acids is 1. The van der Waals surface area contributed by atoms with Gasteiger partial charge in [0.25, 0.3) is 5.92 Å². The second-order valence-electron chi connectivity index (χ2n) is 9.13. The Labute approximate surface area is 208 Å². The number of amides is 1. The van der Waals surface area contributed by atoms with Gasteiger partial charge in [0.2, 0.25) is 0 Å². The van der Waals surface area contributed by atoms with E-state index in [-0.39, 0.29) is 18.2 Å². The Hall–Kier alpha value is -4.35. The zero-order valence-electron chi connectivity index (χ0n) is 19.6. The molecular formula is C25H21F3N6O3. The van der Waals surface area contributed by atoms with Gasteiger partial charge in [-0.15, -0.1) is 0 Å². The fraction of sp³-hybridized carbons (Fsp3) is 0.280. The monoisotopic (exact) mass is 510 g/mol. The first-order valence-electron chi connectivity index (χ1n) is 11.5. The van der Waals surface area contributed by atoms with E-state index < -0.39 is 36.8 Å². The zero-order chi connectivity index (χ0) is 25.7. The van der Waals surface area contributed by atoms with Gasteiger partial charge in [0.1, 0.15) is 11.9 Å². The van der Waals surface area contributed by atoms with Crippen LogP contribution in [0.4, 0.5) is 29.5 Å². The van der Waals surface area contributed by atoms with Crippen molar-refractivity contribution in [3.63, 3.8) is 0 Å². The molecule has 0 spiro atoms. The van der Waals surface area contributed by atoms with Gasteiger partial charge < -0.3 is 14.8 Å². The van der Waals surface area contributed by atoms with Gasteiger partial charge in [0, 0.05) is 42.9 Å². The van der Waals surface area contributed by atoms with Crippen molar-refractivity contribution in [2.45, 2.75) is 38.0 Å². The van der Waals surface area contributed by atoms with Gasteiger partial charge in [0.15, 0.2) is 17.5 Å². The number of fused-ring (bicyclic) bond motifs is 2. The summed E-state index contributed by atoms with van der Waals surface area (Å²) >= 11 is 0. The van der Waals surface area contributed by atoms with Gasteiger partial charge in [-0.05, 0) is 23.3 Å². The van der Waals surface area contributed by atoms with Crippen LogP contribution in [-0.2, 0) is 17.8 Å². The summed E-state index contributed by atoms with van der Waals surface area (Å²) in [7, 11) is 1.51. The van der Waals surface area contributed by atoms with Crippen molar-refractivity contribution in [2.24, 2.45) is 0 Å². The number of methoxy groups -OCH3 is 1. The number of hydrogen-bond donors (Lipinski definition) is 2. The number of aromatic nitrogens is 4. The maximum atomic E-state index is 14.7. The third-order valence-electron chi connectivity index (χ3n) is 6.52. The lowest BCUT2D eigenvalue weighted by Crippen LogP contribution is -2.44. The molecule has 2 N–H and O–H groups in total. The number of ether oxygens (including phenoxy) is 2. The Bertz CT molecular complexity index is 1520. The predicted molar refractivity (Wildman–Crippen MR) is 127 cm³/mol. The molecule has 1 saturated carbocycles. The molecule has 2 aliphatic rings. The molecule has 1 amide bonds. The maximum Gasteiger partial charge on any atom is 0.410 e. The van der Waals surface area contributed by atoms with Crippen molar-refractivity contribution < 1.29 is 27.4 Å². The van der Waals surface area contributed by atoms with E-state index >= 15 is 0 Å². The molecule has 3 heterocycles. The third kappa shape index (κ3) is 4.39. The van der Waals surface area contributed by atoms with Crippen molar-refractivity contribution in [2.75, 3.05) is 12.4 Å². The van der Waals surface area contributed by atoms with Crippen LogP contribution in [0.1, 0.15) is 24.0 Å². The van der Waals surface area contributed by atoms with Crippen LogP contribution in [0.15, 0.2) is 42.7 Å². The number of alkyl halides is 2. The minimum Gasteiger partial charge on any atom is -0.494 e. The van der Waals surface area contributed by atoms with Gasteiger partial charge in [-0.25, -0.2) is 27.9 Å². The minimum absolute atomic E-state index is 0.0332. The number of carbonyl (C=O) groups is 1. The highest BCUT2D eigenvalue weighted by atomic mass is 19.3. The second kappa shape index (κ2) is 8.64. The third-order valence-corrected chi connectivity index (χ3v) is 6.52. The molecule has 37 heavy (non-hydrogen) atoms. The first kappa shape index (κ1) is 23.1. The van der Waals surface area contributed by atoms with Crippen LogP contribution in [0.25, 0.3) is 22.3 Å². The molecule has 0 unspecified atom stereocenters. The number of hydrogen-bond acceptors (Lipinski definition) is 7. The van der Waals surface area contributed by atoms with Crippen LogP contribution < -0.4 is 10.1 Å². The minimum atomic E-state index is -2.76. The largest absolute Gasteiger partial charge is 0.494 e. The van der Waals surface area contributed by atoms with E-state index in [9.17, 15) is 18.0 Å². The van der Waals surface area contributed by atoms with Crippen LogP contribution in [0.5, 0.6) is 5.75 Å². The van der Waals surface area contributed by atoms with E-state index in [0.29, 0.717) is 23.5 Å². The van der Waals surface area contributed by atoms with Gasteiger partial charge >= 0.3 is 6.09 Å².